The van der Waals surface area contributed by atoms with Crippen LogP contribution in [0, 0.1) is 0 Å². The summed E-state index contributed by atoms with van der Waals surface area (Å²) in [5, 5.41) is 9.80. The second-order valence-corrected chi connectivity index (χ2v) is 4.47. The van der Waals surface area contributed by atoms with Crippen LogP contribution in [0.4, 0.5) is 5.82 Å². The van der Waals surface area contributed by atoms with Gasteiger partial charge in [0.05, 0.1) is 24.0 Å². The van der Waals surface area contributed by atoms with Crippen molar-refractivity contribution in [2.24, 2.45) is 0 Å². The van der Waals surface area contributed by atoms with Crippen molar-refractivity contribution in [3.8, 4) is 0 Å². The number of rotatable bonds is 1. The molecule has 0 amide bonds. The van der Waals surface area contributed by atoms with Crippen molar-refractivity contribution in [3.05, 3.63) is 29.7 Å². The van der Waals surface area contributed by atoms with Crippen LogP contribution >= 0.6 is 11.6 Å². The van der Waals surface area contributed by atoms with Crippen LogP contribution in [0.3, 0.4) is 0 Å². The summed E-state index contributed by atoms with van der Waals surface area (Å²) in [4.78, 5) is 8.18. The van der Waals surface area contributed by atoms with Crippen LogP contribution in [0.1, 0.15) is 12.5 Å². The Morgan fingerprint density at radius 1 is 1.47 bits per heavy atom. The minimum absolute atomic E-state index is 0.0906. The topological polar surface area (TPSA) is 77.0 Å². The molecule has 2 heterocycles. The molecule has 2 unspecified atom stereocenters. The monoisotopic (exact) mass is 250 g/mol. The van der Waals surface area contributed by atoms with Gasteiger partial charge in [-0.2, -0.15) is 0 Å². The van der Waals surface area contributed by atoms with Gasteiger partial charge in [-0.3, -0.25) is 0 Å². The van der Waals surface area contributed by atoms with E-state index in [1.807, 2.05) is 10.6 Å². The Morgan fingerprint density at radius 3 is 3.00 bits per heavy atom. The van der Waals surface area contributed by atoms with Gasteiger partial charge in [-0.1, -0.05) is 23.8 Å². The van der Waals surface area contributed by atoms with Crippen LogP contribution in [0.5, 0.6) is 0 Å². The molecule has 0 saturated carbocycles. The van der Waals surface area contributed by atoms with Gasteiger partial charge in [-0.05, 0) is 0 Å². The average molecular weight is 251 g/mol. The van der Waals surface area contributed by atoms with Crippen LogP contribution in [-0.4, -0.2) is 25.7 Å². The summed E-state index contributed by atoms with van der Waals surface area (Å²) in [7, 11) is 0. The Balaban J connectivity index is 2.15. The SMILES string of the molecule is Nc1cc2c(ncn2C2C=CC(O)C2)c(Cl)n1. The number of nitrogens with zero attached hydrogens (tertiary/aromatic N) is 3. The van der Waals surface area contributed by atoms with Crippen molar-refractivity contribution < 1.29 is 5.11 Å². The van der Waals surface area contributed by atoms with Crippen LogP contribution in [0.15, 0.2) is 24.5 Å². The van der Waals surface area contributed by atoms with E-state index in [9.17, 15) is 5.11 Å². The number of anilines is 1. The number of aliphatic hydroxyl groups is 1. The van der Waals surface area contributed by atoms with Crippen molar-refractivity contribution >= 4 is 28.5 Å². The van der Waals surface area contributed by atoms with E-state index in [1.54, 1.807) is 18.5 Å². The second-order valence-electron chi connectivity index (χ2n) is 4.11. The van der Waals surface area contributed by atoms with Crippen LogP contribution in [-0.2, 0) is 0 Å². The highest BCUT2D eigenvalue weighted by Gasteiger charge is 2.20. The van der Waals surface area contributed by atoms with Crippen molar-refractivity contribution in [3.63, 3.8) is 0 Å². The fourth-order valence-corrected chi connectivity index (χ4v) is 2.39. The number of nitrogen functional groups attached to an aromatic ring is 1. The molecule has 88 valence electrons. The Bertz CT molecular complexity index is 607. The average Bonchev–Trinajstić information content (AvgIpc) is 2.83. The molecule has 3 N–H and O–H groups in total. The quantitative estimate of drug-likeness (QED) is 0.594. The third-order valence-electron chi connectivity index (χ3n) is 2.93. The number of hydrogen-bond acceptors (Lipinski definition) is 4. The van der Waals surface area contributed by atoms with Crippen molar-refractivity contribution in [1.82, 2.24) is 14.5 Å². The van der Waals surface area contributed by atoms with Crippen molar-refractivity contribution in [2.45, 2.75) is 18.6 Å². The molecule has 0 aliphatic heterocycles. The highest BCUT2D eigenvalue weighted by molar-refractivity contribution is 6.33. The Kier molecular flexibility index (Phi) is 2.31. The number of hydrogen-bond donors (Lipinski definition) is 2. The predicted octanol–water partition coefficient (Wildman–Crippen LogP) is 1.53. The van der Waals surface area contributed by atoms with E-state index in [0.717, 1.165) is 5.52 Å². The fourth-order valence-electron chi connectivity index (χ4n) is 2.14. The zero-order valence-electron chi connectivity index (χ0n) is 8.92. The largest absolute Gasteiger partial charge is 0.389 e. The summed E-state index contributed by atoms with van der Waals surface area (Å²) >= 11 is 5.98. The molecule has 1 aliphatic carbocycles. The summed E-state index contributed by atoms with van der Waals surface area (Å²) in [6.45, 7) is 0. The van der Waals surface area contributed by atoms with Gasteiger partial charge in [0.25, 0.3) is 0 Å². The molecule has 0 fully saturated rings. The Morgan fingerprint density at radius 2 is 2.29 bits per heavy atom. The number of nitrogens with two attached hydrogens (primary N) is 1. The smallest absolute Gasteiger partial charge is 0.159 e. The highest BCUT2D eigenvalue weighted by Crippen LogP contribution is 2.29. The summed E-state index contributed by atoms with van der Waals surface area (Å²) in [5.74, 6) is 0.367. The van der Waals surface area contributed by atoms with Crippen molar-refractivity contribution in [1.29, 1.82) is 0 Å². The van der Waals surface area contributed by atoms with Gasteiger partial charge in [-0.25, -0.2) is 9.97 Å². The van der Waals surface area contributed by atoms with E-state index in [-0.39, 0.29) is 6.04 Å². The molecule has 3 rings (SSSR count). The Hall–Kier alpha value is -1.59. The number of fused-ring (bicyclic) bond motifs is 1. The molecule has 2 atom stereocenters. The zero-order valence-corrected chi connectivity index (χ0v) is 9.67. The Labute approximate surface area is 103 Å². The number of pyridine rings is 1. The fraction of sp³-hybridized carbons (Fsp3) is 0.273. The first-order chi connectivity index (χ1) is 8.15. The first-order valence-corrected chi connectivity index (χ1v) is 5.68. The zero-order chi connectivity index (χ0) is 12.0. The van der Waals surface area contributed by atoms with Crippen molar-refractivity contribution in [2.75, 3.05) is 5.73 Å². The number of allylic oxidation sites excluding steroid dienone is 1. The molecule has 1 aliphatic rings. The van der Waals surface area contributed by atoms with Gasteiger partial charge in [0.2, 0.25) is 0 Å². The van der Waals surface area contributed by atoms with Gasteiger partial charge in [0, 0.05) is 12.5 Å². The molecule has 0 radical (unpaired) electrons. The molecule has 5 nitrogen and oxygen atoms in total. The minimum Gasteiger partial charge on any atom is -0.389 e. The number of imidazole rings is 1. The second kappa shape index (κ2) is 3.72. The lowest BCUT2D eigenvalue weighted by atomic mass is 10.2. The van der Waals surface area contributed by atoms with E-state index < -0.39 is 6.10 Å². The van der Waals surface area contributed by atoms with Crippen LogP contribution in [0.25, 0.3) is 11.0 Å². The number of halogens is 1. The van der Waals surface area contributed by atoms with Crippen LogP contribution < -0.4 is 5.73 Å². The molecule has 17 heavy (non-hydrogen) atoms. The lowest BCUT2D eigenvalue weighted by Crippen LogP contribution is -2.07. The van der Waals surface area contributed by atoms with Gasteiger partial charge in [-0.15, -0.1) is 0 Å². The third kappa shape index (κ3) is 1.67. The molecule has 0 bridgehead atoms. The minimum atomic E-state index is -0.396. The number of aromatic nitrogens is 3. The maximum absolute atomic E-state index is 9.50. The maximum Gasteiger partial charge on any atom is 0.159 e. The molecule has 0 spiro atoms. The lowest BCUT2D eigenvalue weighted by molar-refractivity contribution is 0.211. The van der Waals surface area contributed by atoms with E-state index in [4.69, 9.17) is 17.3 Å². The van der Waals surface area contributed by atoms with Gasteiger partial charge >= 0.3 is 0 Å². The first kappa shape index (κ1) is 10.6. The normalized spacial score (nSPS) is 23.6. The number of aliphatic hydroxyl groups excluding tert-OH is 1. The summed E-state index contributed by atoms with van der Waals surface area (Å²) < 4.78 is 1.95. The van der Waals surface area contributed by atoms with E-state index in [1.165, 1.54) is 0 Å². The summed E-state index contributed by atoms with van der Waals surface area (Å²) in [5.41, 5.74) is 7.15. The van der Waals surface area contributed by atoms with Gasteiger partial charge < -0.3 is 15.4 Å². The molecule has 0 saturated heterocycles. The van der Waals surface area contributed by atoms with Gasteiger partial charge in [0.1, 0.15) is 11.3 Å². The summed E-state index contributed by atoms with van der Waals surface area (Å²) in [6.07, 6.45) is 5.68. The molecular formula is C11H11ClN4O. The lowest BCUT2D eigenvalue weighted by Gasteiger charge is -2.12. The van der Waals surface area contributed by atoms with Gasteiger partial charge in [0.15, 0.2) is 5.15 Å². The van der Waals surface area contributed by atoms with E-state index in [2.05, 4.69) is 9.97 Å². The molecule has 2 aromatic heterocycles. The molecule has 0 aromatic carbocycles. The highest BCUT2D eigenvalue weighted by atomic mass is 35.5. The molecule has 6 heteroatoms. The molecule has 2 aromatic rings. The third-order valence-corrected chi connectivity index (χ3v) is 3.20. The summed E-state index contributed by atoms with van der Waals surface area (Å²) in [6, 6.07) is 1.83. The molecular weight excluding hydrogens is 240 g/mol. The first-order valence-electron chi connectivity index (χ1n) is 5.30. The predicted molar refractivity (Wildman–Crippen MR) is 65.8 cm³/mol. The van der Waals surface area contributed by atoms with E-state index in [0.29, 0.717) is 22.9 Å². The van der Waals surface area contributed by atoms with Crippen LogP contribution in [0.2, 0.25) is 5.15 Å². The van der Waals surface area contributed by atoms with E-state index >= 15 is 0 Å². The standard InChI is InChI=1S/C11H11ClN4O/c12-11-10-8(4-9(13)15-11)16(5-14-10)6-1-2-7(17)3-6/h1-2,4-7,17H,3H2,(H2,13,15). The maximum atomic E-state index is 9.50.